The molecule has 1 fully saturated rings. The van der Waals surface area contributed by atoms with E-state index in [9.17, 15) is 0 Å². The maximum Gasteiger partial charge on any atom is 0.170 e. The number of hydrogen-bond acceptors (Lipinski definition) is 4. The Hall–Kier alpha value is -1.75. The zero-order chi connectivity index (χ0) is 15.2. The van der Waals surface area contributed by atoms with Gasteiger partial charge in [0.2, 0.25) is 0 Å². The fourth-order valence-corrected chi connectivity index (χ4v) is 3.01. The summed E-state index contributed by atoms with van der Waals surface area (Å²) in [5.41, 5.74) is 7.38. The molecule has 0 aromatic heterocycles. The van der Waals surface area contributed by atoms with Gasteiger partial charge in [-0.2, -0.15) is 0 Å². The van der Waals surface area contributed by atoms with Gasteiger partial charge in [-0.3, -0.25) is 0 Å². The lowest BCUT2D eigenvalue weighted by atomic mass is 9.87. The molecular weight excluding hydrogens is 266 g/mol. The Balaban J connectivity index is 2.06. The second kappa shape index (κ2) is 7.31. The quantitative estimate of drug-likeness (QED) is 0.337. The van der Waals surface area contributed by atoms with Crippen molar-refractivity contribution < 1.29 is 9.94 Å². The maximum atomic E-state index is 8.78. The van der Waals surface area contributed by atoms with Crippen LogP contribution in [0.2, 0.25) is 0 Å². The Kier molecular flexibility index (Phi) is 5.44. The van der Waals surface area contributed by atoms with Crippen LogP contribution in [0.4, 0.5) is 0 Å². The van der Waals surface area contributed by atoms with Crippen molar-refractivity contribution in [2.24, 2.45) is 16.8 Å². The van der Waals surface area contributed by atoms with E-state index < -0.39 is 0 Å². The van der Waals surface area contributed by atoms with E-state index in [0.717, 1.165) is 23.8 Å². The zero-order valence-electron chi connectivity index (χ0n) is 12.8. The molecule has 2 rings (SSSR count). The first-order chi connectivity index (χ1) is 10.1. The van der Waals surface area contributed by atoms with Gasteiger partial charge in [0.25, 0.3) is 0 Å². The van der Waals surface area contributed by atoms with Crippen molar-refractivity contribution in [3.8, 4) is 5.75 Å². The standard InChI is InChI=1S/C16H25N3O2/c1-11-4-3-5-14(8-11)18-10-13-9-12(16(17)19-20)6-7-15(13)21-2/h6-7,9,11,14,18,20H,3-5,8,10H2,1-2H3,(H2,17,19). The van der Waals surface area contributed by atoms with Gasteiger partial charge in [-0.25, -0.2) is 0 Å². The van der Waals surface area contributed by atoms with Gasteiger partial charge < -0.3 is 21.0 Å². The van der Waals surface area contributed by atoms with Crippen molar-refractivity contribution in [2.75, 3.05) is 7.11 Å². The largest absolute Gasteiger partial charge is 0.496 e. The number of hydrogen-bond donors (Lipinski definition) is 3. The predicted molar refractivity (Wildman–Crippen MR) is 83.8 cm³/mol. The van der Waals surface area contributed by atoms with Gasteiger partial charge in [0, 0.05) is 23.7 Å². The highest BCUT2D eigenvalue weighted by Gasteiger charge is 2.18. The van der Waals surface area contributed by atoms with Crippen molar-refractivity contribution in [2.45, 2.75) is 45.2 Å². The molecule has 0 spiro atoms. The smallest absolute Gasteiger partial charge is 0.170 e. The monoisotopic (exact) mass is 291 g/mol. The summed E-state index contributed by atoms with van der Waals surface area (Å²) in [4.78, 5) is 0. The molecule has 2 atom stereocenters. The normalized spacial score (nSPS) is 23.0. The van der Waals surface area contributed by atoms with Gasteiger partial charge in [0.05, 0.1) is 7.11 Å². The van der Waals surface area contributed by atoms with Gasteiger partial charge >= 0.3 is 0 Å². The third kappa shape index (κ3) is 4.11. The Morgan fingerprint density at radius 2 is 2.29 bits per heavy atom. The Bertz CT molecular complexity index is 502. The number of oxime groups is 1. The maximum absolute atomic E-state index is 8.78. The van der Waals surface area contributed by atoms with Crippen LogP contribution in [-0.4, -0.2) is 24.2 Å². The number of benzene rings is 1. The minimum atomic E-state index is 0.116. The van der Waals surface area contributed by atoms with E-state index in [4.69, 9.17) is 15.7 Å². The van der Waals surface area contributed by atoms with E-state index in [-0.39, 0.29) is 5.84 Å². The van der Waals surface area contributed by atoms with E-state index >= 15 is 0 Å². The SMILES string of the molecule is COc1ccc(/C(N)=N/O)cc1CNC1CCCC(C)C1. The first-order valence-electron chi connectivity index (χ1n) is 7.52. The average Bonchev–Trinajstić information content (AvgIpc) is 2.52. The second-order valence-electron chi connectivity index (χ2n) is 5.86. The molecule has 0 radical (unpaired) electrons. The van der Waals surface area contributed by atoms with Crippen molar-refractivity contribution in [1.29, 1.82) is 0 Å². The topological polar surface area (TPSA) is 79.9 Å². The molecule has 2 unspecified atom stereocenters. The zero-order valence-corrected chi connectivity index (χ0v) is 12.8. The molecule has 5 heteroatoms. The van der Waals surface area contributed by atoms with Crippen LogP contribution in [-0.2, 0) is 6.54 Å². The fourth-order valence-electron chi connectivity index (χ4n) is 3.01. The number of rotatable bonds is 5. The average molecular weight is 291 g/mol. The lowest BCUT2D eigenvalue weighted by Gasteiger charge is -2.28. The number of ether oxygens (including phenoxy) is 1. The van der Waals surface area contributed by atoms with E-state index in [1.54, 1.807) is 13.2 Å². The van der Waals surface area contributed by atoms with E-state index in [2.05, 4.69) is 17.4 Å². The summed E-state index contributed by atoms with van der Waals surface area (Å²) >= 11 is 0. The van der Waals surface area contributed by atoms with Crippen molar-refractivity contribution in [3.05, 3.63) is 29.3 Å². The number of nitrogens with zero attached hydrogens (tertiary/aromatic N) is 1. The summed E-state index contributed by atoms with van der Waals surface area (Å²) in [6.45, 7) is 3.04. The van der Waals surface area contributed by atoms with Gasteiger partial charge in [-0.15, -0.1) is 0 Å². The highest BCUT2D eigenvalue weighted by atomic mass is 16.5. The molecule has 0 aliphatic heterocycles. The molecule has 0 bridgehead atoms. The fraction of sp³-hybridized carbons (Fsp3) is 0.562. The van der Waals surface area contributed by atoms with E-state index in [1.807, 2.05) is 12.1 Å². The van der Waals surface area contributed by atoms with Gasteiger partial charge in [0.1, 0.15) is 5.75 Å². The molecule has 0 amide bonds. The van der Waals surface area contributed by atoms with E-state index in [0.29, 0.717) is 11.6 Å². The number of nitrogens with one attached hydrogen (secondary N) is 1. The van der Waals surface area contributed by atoms with Crippen LogP contribution in [0.5, 0.6) is 5.75 Å². The molecular formula is C16H25N3O2. The van der Waals surface area contributed by atoms with Crippen LogP contribution in [0.3, 0.4) is 0 Å². The lowest BCUT2D eigenvalue weighted by molar-refractivity contribution is 0.299. The Labute approximate surface area is 126 Å². The third-order valence-electron chi connectivity index (χ3n) is 4.20. The molecule has 0 saturated heterocycles. The number of nitrogens with two attached hydrogens (primary N) is 1. The van der Waals surface area contributed by atoms with Gasteiger partial charge in [0.15, 0.2) is 5.84 Å². The minimum Gasteiger partial charge on any atom is -0.496 e. The molecule has 4 N–H and O–H groups in total. The summed E-state index contributed by atoms with van der Waals surface area (Å²) in [5, 5.41) is 15.4. The summed E-state index contributed by atoms with van der Waals surface area (Å²) < 4.78 is 5.39. The molecule has 1 aliphatic carbocycles. The molecule has 1 saturated carbocycles. The van der Waals surface area contributed by atoms with Crippen LogP contribution in [0.25, 0.3) is 0 Å². The number of methoxy groups -OCH3 is 1. The highest BCUT2D eigenvalue weighted by molar-refractivity contribution is 5.97. The highest BCUT2D eigenvalue weighted by Crippen LogP contribution is 2.25. The van der Waals surface area contributed by atoms with Crippen LogP contribution >= 0.6 is 0 Å². The molecule has 0 heterocycles. The summed E-state index contributed by atoms with van der Waals surface area (Å²) in [5.74, 6) is 1.73. The minimum absolute atomic E-state index is 0.116. The molecule has 1 aromatic carbocycles. The second-order valence-corrected chi connectivity index (χ2v) is 5.86. The molecule has 1 aliphatic rings. The van der Waals surface area contributed by atoms with Crippen LogP contribution in [0.1, 0.15) is 43.7 Å². The molecule has 5 nitrogen and oxygen atoms in total. The lowest BCUT2D eigenvalue weighted by Crippen LogP contribution is -2.33. The van der Waals surface area contributed by atoms with Crippen molar-refractivity contribution in [1.82, 2.24) is 5.32 Å². The van der Waals surface area contributed by atoms with Gasteiger partial charge in [-0.1, -0.05) is 24.9 Å². The first-order valence-corrected chi connectivity index (χ1v) is 7.52. The van der Waals surface area contributed by atoms with Crippen molar-refractivity contribution in [3.63, 3.8) is 0 Å². The first kappa shape index (κ1) is 15.6. The third-order valence-corrected chi connectivity index (χ3v) is 4.20. The molecule has 21 heavy (non-hydrogen) atoms. The van der Waals surface area contributed by atoms with E-state index in [1.165, 1.54) is 25.7 Å². The Morgan fingerprint density at radius 3 is 2.95 bits per heavy atom. The molecule has 1 aromatic rings. The Morgan fingerprint density at radius 1 is 1.48 bits per heavy atom. The summed E-state index contributed by atoms with van der Waals surface area (Å²) in [6, 6.07) is 6.12. The molecule has 116 valence electrons. The van der Waals surface area contributed by atoms with Gasteiger partial charge in [-0.05, 0) is 37.0 Å². The predicted octanol–water partition coefficient (Wildman–Crippen LogP) is 2.46. The van der Waals surface area contributed by atoms with Crippen LogP contribution in [0.15, 0.2) is 23.4 Å². The van der Waals surface area contributed by atoms with Crippen LogP contribution in [0, 0.1) is 5.92 Å². The summed E-state index contributed by atoms with van der Waals surface area (Å²) in [7, 11) is 1.66. The van der Waals surface area contributed by atoms with Crippen molar-refractivity contribution >= 4 is 5.84 Å². The number of amidine groups is 1. The summed E-state index contributed by atoms with van der Waals surface area (Å²) in [6.07, 6.45) is 5.08. The van der Waals surface area contributed by atoms with Crippen LogP contribution < -0.4 is 15.8 Å².